The Morgan fingerprint density at radius 2 is 2.05 bits per heavy atom. The lowest BCUT2D eigenvalue weighted by Gasteiger charge is -2.41. The molecule has 2 atom stereocenters. The summed E-state index contributed by atoms with van der Waals surface area (Å²) in [6.07, 6.45) is 6.77. The van der Waals surface area contributed by atoms with E-state index in [1.807, 2.05) is 38.1 Å². The Labute approximate surface area is 238 Å². The van der Waals surface area contributed by atoms with E-state index in [-0.39, 0.29) is 23.1 Å². The van der Waals surface area contributed by atoms with E-state index in [1.165, 1.54) is 10.5 Å². The number of amides is 1. The van der Waals surface area contributed by atoms with Crippen molar-refractivity contribution in [3.63, 3.8) is 0 Å². The lowest BCUT2D eigenvalue weighted by molar-refractivity contribution is -0.131. The van der Waals surface area contributed by atoms with E-state index in [9.17, 15) is 19.5 Å². The Bertz CT molecular complexity index is 1460. The Hall–Kier alpha value is -3.57. The number of nitrogens with one attached hydrogen (secondary N) is 1. The van der Waals surface area contributed by atoms with Crippen molar-refractivity contribution in [2.75, 3.05) is 32.1 Å². The average Bonchev–Trinajstić information content (AvgIpc) is 3.40. The number of carbonyl (C=O) groups is 2. The topological polar surface area (TPSA) is 120 Å². The fourth-order valence-corrected chi connectivity index (χ4v) is 5.98. The Kier molecular flexibility index (Phi) is 9.36. The van der Waals surface area contributed by atoms with Gasteiger partial charge < -0.3 is 20.2 Å². The third-order valence-electron chi connectivity index (χ3n) is 7.32. The van der Waals surface area contributed by atoms with E-state index < -0.39 is 12.0 Å². The van der Waals surface area contributed by atoms with Gasteiger partial charge in [-0.15, -0.1) is 11.3 Å². The number of nitrogens with zero attached hydrogens (tertiary/aromatic N) is 5. The summed E-state index contributed by atoms with van der Waals surface area (Å²) in [5.41, 5.74) is 2.33. The third-order valence-corrected chi connectivity index (χ3v) is 8.25. The molecule has 214 valence electrons. The molecule has 10 nitrogen and oxygen atoms in total. The number of rotatable bonds is 10. The highest BCUT2D eigenvalue weighted by molar-refractivity contribution is 7.09. The summed E-state index contributed by atoms with van der Waals surface area (Å²) < 4.78 is 1.43. The molecule has 0 spiro atoms. The maximum Gasteiger partial charge on any atom is 0.328 e. The predicted molar refractivity (Wildman–Crippen MR) is 158 cm³/mol. The lowest BCUT2D eigenvalue weighted by Crippen LogP contribution is -2.55. The Morgan fingerprint density at radius 1 is 1.27 bits per heavy atom. The average molecular weight is 567 g/mol. The van der Waals surface area contributed by atoms with E-state index in [1.54, 1.807) is 17.5 Å². The number of pyridine rings is 1. The number of thiazole rings is 1. The molecule has 0 aliphatic carbocycles. The van der Waals surface area contributed by atoms with Crippen LogP contribution in [0.5, 0.6) is 0 Å². The summed E-state index contributed by atoms with van der Waals surface area (Å²) in [4.78, 5) is 51.8. The number of aliphatic carboxylic acids is 1. The molecule has 2 unspecified atom stereocenters. The molecule has 1 fully saturated rings. The van der Waals surface area contributed by atoms with Crippen molar-refractivity contribution < 1.29 is 14.7 Å². The highest BCUT2D eigenvalue weighted by Crippen LogP contribution is 2.29. The maximum atomic E-state index is 13.7. The number of carbonyl (C=O) groups excluding carboxylic acids is 1. The number of carboxylic acids is 1. The summed E-state index contributed by atoms with van der Waals surface area (Å²) in [5, 5.41) is 15.4. The number of anilines is 1. The molecular formula is C29H38N6O4S. The summed E-state index contributed by atoms with van der Waals surface area (Å²) in [7, 11) is 3.99. The van der Waals surface area contributed by atoms with Crippen LogP contribution in [0, 0.1) is 0 Å². The molecule has 0 radical (unpaired) electrons. The van der Waals surface area contributed by atoms with Gasteiger partial charge in [0.15, 0.2) is 0 Å². The van der Waals surface area contributed by atoms with Gasteiger partial charge >= 0.3 is 5.97 Å². The van der Waals surface area contributed by atoms with Crippen LogP contribution in [-0.2, 0) is 22.4 Å². The van der Waals surface area contributed by atoms with Gasteiger partial charge in [-0.1, -0.05) is 13.8 Å². The molecular weight excluding hydrogens is 528 g/mol. The van der Waals surface area contributed by atoms with Crippen molar-refractivity contribution in [1.29, 1.82) is 0 Å². The van der Waals surface area contributed by atoms with Gasteiger partial charge in [-0.05, 0) is 70.0 Å². The van der Waals surface area contributed by atoms with Crippen molar-refractivity contribution in [2.24, 2.45) is 0 Å². The second-order valence-corrected chi connectivity index (χ2v) is 11.6. The quantitative estimate of drug-likeness (QED) is 0.359. The summed E-state index contributed by atoms with van der Waals surface area (Å²) in [5.74, 6) is -0.590. The Morgan fingerprint density at radius 3 is 2.70 bits per heavy atom. The molecule has 0 bridgehead atoms. The second kappa shape index (κ2) is 12.7. The smallest absolute Gasteiger partial charge is 0.328 e. The molecule has 1 aliphatic rings. The number of carboxylic acid groups (broad SMARTS) is 1. The van der Waals surface area contributed by atoms with Crippen LogP contribution in [0.25, 0.3) is 11.7 Å². The largest absolute Gasteiger partial charge is 0.478 e. The van der Waals surface area contributed by atoms with Crippen LogP contribution in [0.3, 0.4) is 0 Å². The summed E-state index contributed by atoms with van der Waals surface area (Å²) in [6.45, 7) is 7.11. The van der Waals surface area contributed by atoms with Crippen LogP contribution in [0.4, 0.5) is 5.82 Å². The number of aromatic nitrogens is 3. The molecule has 2 N–H and O–H groups in total. The normalized spacial score (nSPS) is 17.8. The van der Waals surface area contributed by atoms with Gasteiger partial charge in [-0.25, -0.2) is 14.8 Å². The van der Waals surface area contributed by atoms with Crippen LogP contribution in [-0.4, -0.2) is 75.5 Å². The third kappa shape index (κ3) is 6.59. The van der Waals surface area contributed by atoms with E-state index in [0.717, 1.165) is 41.6 Å². The van der Waals surface area contributed by atoms with E-state index in [4.69, 9.17) is 9.97 Å². The molecule has 11 heteroatoms. The van der Waals surface area contributed by atoms with Gasteiger partial charge in [0.2, 0.25) is 5.91 Å². The monoisotopic (exact) mass is 566 g/mol. The van der Waals surface area contributed by atoms with Crippen molar-refractivity contribution in [1.82, 2.24) is 24.6 Å². The number of fused-ring (bicyclic) bond motifs is 1. The molecule has 0 saturated carbocycles. The molecule has 0 aromatic carbocycles. The van der Waals surface area contributed by atoms with Crippen molar-refractivity contribution >= 4 is 40.8 Å². The molecule has 3 aromatic heterocycles. The number of piperidine rings is 1. The van der Waals surface area contributed by atoms with Crippen LogP contribution in [0.1, 0.15) is 61.4 Å². The van der Waals surface area contributed by atoms with Gasteiger partial charge in [0.05, 0.1) is 16.3 Å². The minimum absolute atomic E-state index is 0.137. The van der Waals surface area contributed by atoms with Crippen LogP contribution in [0.2, 0.25) is 0 Å². The lowest BCUT2D eigenvalue weighted by atomic mass is 9.95. The van der Waals surface area contributed by atoms with Gasteiger partial charge in [-0.2, -0.15) is 0 Å². The van der Waals surface area contributed by atoms with Crippen molar-refractivity contribution in [3.8, 4) is 0 Å². The highest BCUT2D eigenvalue weighted by atomic mass is 32.1. The molecule has 1 aliphatic heterocycles. The summed E-state index contributed by atoms with van der Waals surface area (Å²) >= 11 is 1.66. The molecule has 40 heavy (non-hydrogen) atoms. The second-order valence-electron chi connectivity index (χ2n) is 10.7. The number of hydrogen-bond acceptors (Lipinski definition) is 8. The predicted octanol–water partition coefficient (Wildman–Crippen LogP) is 3.19. The molecule has 3 aromatic rings. The van der Waals surface area contributed by atoms with Gasteiger partial charge in [0.1, 0.15) is 17.5 Å². The maximum absolute atomic E-state index is 13.7. The zero-order valence-electron chi connectivity index (χ0n) is 23.8. The first-order valence-electron chi connectivity index (χ1n) is 13.7. The molecule has 1 saturated heterocycles. The summed E-state index contributed by atoms with van der Waals surface area (Å²) in [6, 6.07) is 3.42. The van der Waals surface area contributed by atoms with Gasteiger partial charge in [-0.3, -0.25) is 14.0 Å². The Balaban J connectivity index is 1.75. The van der Waals surface area contributed by atoms with Gasteiger partial charge in [0, 0.05) is 43.2 Å². The first kappa shape index (κ1) is 29.4. The van der Waals surface area contributed by atoms with Crippen molar-refractivity contribution in [2.45, 2.75) is 64.5 Å². The SMILES string of the molecule is CCNC(=O)C1CC(N(C)C)CCN1c1nc2cc(CCc3nc(C(C)C)cs3)ccn2c(=O)c1C=CC(=O)O. The van der Waals surface area contributed by atoms with E-state index in [2.05, 4.69) is 29.4 Å². The molecule has 1 amide bonds. The van der Waals surface area contributed by atoms with E-state index >= 15 is 0 Å². The first-order valence-corrected chi connectivity index (χ1v) is 14.6. The minimum atomic E-state index is -1.17. The standard InChI is InChI=1S/C29H38N6O4S/c1-6-30-28(38)23-16-20(33(4)5)12-14-34(23)27-21(8-10-26(36)37)29(39)35-13-11-19(15-24(35)32-27)7-9-25-31-22(17-40-25)18(2)3/h8,10-11,13,15,17-18,20,23H,6-7,9,12,14,16H2,1-5H3,(H,30,38)(H,36,37). The first-order chi connectivity index (χ1) is 19.1. The van der Waals surface area contributed by atoms with Crippen molar-refractivity contribution in [3.05, 3.63) is 62.0 Å². The number of hydrogen-bond donors (Lipinski definition) is 2. The van der Waals surface area contributed by atoms with Gasteiger partial charge in [0.25, 0.3) is 5.56 Å². The highest BCUT2D eigenvalue weighted by Gasteiger charge is 2.36. The fourth-order valence-electron chi connectivity index (χ4n) is 5.02. The van der Waals surface area contributed by atoms with Crippen LogP contribution < -0.4 is 15.8 Å². The minimum Gasteiger partial charge on any atom is -0.478 e. The number of aryl methyl sites for hydroxylation is 2. The zero-order chi connectivity index (χ0) is 29.0. The molecule has 4 heterocycles. The van der Waals surface area contributed by atoms with E-state index in [0.29, 0.717) is 36.9 Å². The zero-order valence-corrected chi connectivity index (χ0v) is 24.6. The van der Waals surface area contributed by atoms with Crippen LogP contribution in [0.15, 0.2) is 34.6 Å². The number of likely N-dealkylation sites (N-methyl/N-ethyl adjacent to an activating group) is 1. The molecule has 4 rings (SSSR count). The fraction of sp³-hybridized carbons (Fsp3) is 0.483. The van der Waals surface area contributed by atoms with Crippen LogP contribution >= 0.6 is 11.3 Å².